The lowest BCUT2D eigenvalue weighted by molar-refractivity contribution is -0.0157. The molecule has 14 heavy (non-hydrogen) atoms. The van der Waals surface area contributed by atoms with E-state index < -0.39 is 5.97 Å². The molecule has 0 bridgehead atoms. The SMILES string of the molecule is O=C(O)c1coc(COC2CCC2)c1. The van der Waals surface area contributed by atoms with E-state index in [4.69, 9.17) is 14.3 Å². The summed E-state index contributed by atoms with van der Waals surface area (Å²) < 4.78 is 10.5. The van der Waals surface area contributed by atoms with Crippen LogP contribution in [0.25, 0.3) is 0 Å². The summed E-state index contributed by atoms with van der Waals surface area (Å²) in [5.41, 5.74) is 0.178. The van der Waals surface area contributed by atoms with E-state index in [1.165, 1.54) is 18.8 Å². The van der Waals surface area contributed by atoms with Crippen LogP contribution in [0.1, 0.15) is 35.4 Å². The Bertz CT molecular complexity index is 325. The molecule has 4 nitrogen and oxygen atoms in total. The first kappa shape index (κ1) is 9.27. The molecule has 0 atom stereocenters. The fraction of sp³-hybridized carbons (Fsp3) is 0.500. The van der Waals surface area contributed by atoms with Crippen LogP contribution in [0.2, 0.25) is 0 Å². The second kappa shape index (κ2) is 3.84. The molecule has 1 aromatic rings. The van der Waals surface area contributed by atoms with E-state index in [0.29, 0.717) is 18.5 Å². The van der Waals surface area contributed by atoms with Gasteiger partial charge in [-0.2, -0.15) is 0 Å². The number of aromatic carboxylic acids is 1. The van der Waals surface area contributed by atoms with Gasteiger partial charge in [-0.05, 0) is 25.3 Å². The van der Waals surface area contributed by atoms with Crippen molar-refractivity contribution < 1.29 is 19.1 Å². The van der Waals surface area contributed by atoms with Crippen LogP contribution in [0.3, 0.4) is 0 Å². The first-order valence-corrected chi connectivity index (χ1v) is 4.68. The average Bonchev–Trinajstić information content (AvgIpc) is 2.50. The molecule has 1 saturated carbocycles. The molecule has 1 aliphatic rings. The lowest BCUT2D eigenvalue weighted by Gasteiger charge is -2.24. The Hall–Kier alpha value is -1.29. The molecule has 0 unspecified atom stereocenters. The summed E-state index contributed by atoms with van der Waals surface area (Å²) >= 11 is 0. The minimum absolute atomic E-state index is 0.178. The summed E-state index contributed by atoms with van der Waals surface area (Å²) in [6, 6.07) is 1.50. The van der Waals surface area contributed by atoms with Gasteiger partial charge in [0, 0.05) is 0 Å². The van der Waals surface area contributed by atoms with Crippen molar-refractivity contribution in [2.45, 2.75) is 32.0 Å². The summed E-state index contributed by atoms with van der Waals surface area (Å²) in [4.78, 5) is 10.5. The largest absolute Gasteiger partial charge is 0.478 e. The summed E-state index contributed by atoms with van der Waals surface area (Å²) in [7, 11) is 0. The van der Waals surface area contributed by atoms with Crippen LogP contribution in [0.4, 0.5) is 0 Å². The zero-order valence-electron chi connectivity index (χ0n) is 7.73. The number of rotatable bonds is 4. The maximum absolute atomic E-state index is 10.5. The zero-order valence-corrected chi connectivity index (χ0v) is 7.73. The summed E-state index contributed by atoms with van der Waals surface area (Å²) in [5, 5.41) is 8.63. The Labute approximate surface area is 81.5 Å². The maximum Gasteiger partial charge on any atom is 0.338 e. The monoisotopic (exact) mass is 196 g/mol. The molecule has 1 aliphatic carbocycles. The lowest BCUT2D eigenvalue weighted by Crippen LogP contribution is -2.20. The van der Waals surface area contributed by atoms with Gasteiger partial charge in [-0.15, -0.1) is 0 Å². The smallest absolute Gasteiger partial charge is 0.338 e. The van der Waals surface area contributed by atoms with E-state index in [9.17, 15) is 4.79 Å². The van der Waals surface area contributed by atoms with Crippen molar-refractivity contribution in [1.82, 2.24) is 0 Å². The van der Waals surface area contributed by atoms with Gasteiger partial charge in [-0.3, -0.25) is 0 Å². The van der Waals surface area contributed by atoms with Gasteiger partial charge in [0.15, 0.2) is 0 Å². The Morgan fingerprint density at radius 3 is 2.93 bits per heavy atom. The number of hydrogen-bond acceptors (Lipinski definition) is 3. The van der Waals surface area contributed by atoms with E-state index in [1.54, 1.807) is 0 Å². The van der Waals surface area contributed by atoms with Gasteiger partial charge in [0.25, 0.3) is 0 Å². The van der Waals surface area contributed by atoms with Gasteiger partial charge in [0.1, 0.15) is 18.6 Å². The van der Waals surface area contributed by atoms with Crippen molar-refractivity contribution in [3.8, 4) is 0 Å². The van der Waals surface area contributed by atoms with E-state index in [2.05, 4.69) is 0 Å². The first-order valence-electron chi connectivity index (χ1n) is 4.68. The van der Waals surface area contributed by atoms with Gasteiger partial charge in [0.05, 0.1) is 11.7 Å². The molecule has 4 heteroatoms. The quantitative estimate of drug-likeness (QED) is 0.800. The molecule has 2 rings (SSSR count). The van der Waals surface area contributed by atoms with Crippen LogP contribution >= 0.6 is 0 Å². The highest BCUT2D eigenvalue weighted by Crippen LogP contribution is 2.23. The summed E-state index contributed by atoms with van der Waals surface area (Å²) in [6.07, 6.45) is 5.01. The van der Waals surface area contributed by atoms with Crippen LogP contribution in [0, 0.1) is 0 Å². The highest BCUT2D eigenvalue weighted by Gasteiger charge is 2.18. The molecule has 0 saturated heterocycles. The van der Waals surface area contributed by atoms with Gasteiger partial charge >= 0.3 is 5.97 Å². The second-order valence-corrected chi connectivity index (χ2v) is 3.47. The van der Waals surface area contributed by atoms with Gasteiger partial charge < -0.3 is 14.3 Å². The third-order valence-electron chi connectivity index (χ3n) is 2.41. The van der Waals surface area contributed by atoms with Crippen molar-refractivity contribution in [1.29, 1.82) is 0 Å². The fourth-order valence-electron chi connectivity index (χ4n) is 1.31. The molecule has 1 fully saturated rings. The fourth-order valence-corrected chi connectivity index (χ4v) is 1.31. The first-order chi connectivity index (χ1) is 6.75. The maximum atomic E-state index is 10.5. The third-order valence-corrected chi connectivity index (χ3v) is 2.41. The minimum Gasteiger partial charge on any atom is -0.478 e. The molecule has 1 aromatic heterocycles. The van der Waals surface area contributed by atoms with Crippen molar-refractivity contribution in [3.05, 3.63) is 23.7 Å². The Morgan fingerprint density at radius 2 is 2.43 bits per heavy atom. The number of carboxylic acid groups (broad SMARTS) is 1. The number of furan rings is 1. The second-order valence-electron chi connectivity index (χ2n) is 3.47. The van der Waals surface area contributed by atoms with E-state index in [1.807, 2.05) is 0 Å². The molecule has 0 amide bonds. The van der Waals surface area contributed by atoms with Crippen LogP contribution in [0.5, 0.6) is 0 Å². The van der Waals surface area contributed by atoms with Crippen LogP contribution in [-0.4, -0.2) is 17.2 Å². The van der Waals surface area contributed by atoms with Crippen molar-refractivity contribution in [3.63, 3.8) is 0 Å². The molecular weight excluding hydrogens is 184 g/mol. The van der Waals surface area contributed by atoms with Gasteiger partial charge in [0.2, 0.25) is 0 Å². The van der Waals surface area contributed by atoms with Crippen molar-refractivity contribution in [2.75, 3.05) is 0 Å². The molecular formula is C10H12O4. The van der Waals surface area contributed by atoms with Crippen LogP contribution in [0.15, 0.2) is 16.7 Å². The van der Waals surface area contributed by atoms with E-state index in [0.717, 1.165) is 12.8 Å². The van der Waals surface area contributed by atoms with Crippen molar-refractivity contribution in [2.24, 2.45) is 0 Å². The molecule has 1 heterocycles. The number of hydrogen-bond donors (Lipinski definition) is 1. The van der Waals surface area contributed by atoms with Crippen molar-refractivity contribution >= 4 is 5.97 Å². The zero-order chi connectivity index (χ0) is 9.97. The normalized spacial score (nSPS) is 16.6. The molecule has 0 spiro atoms. The average molecular weight is 196 g/mol. The number of carboxylic acids is 1. The number of ether oxygens (including phenoxy) is 1. The molecule has 1 N–H and O–H groups in total. The Morgan fingerprint density at radius 1 is 1.64 bits per heavy atom. The molecule has 76 valence electrons. The van der Waals surface area contributed by atoms with Crippen LogP contribution < -0.4 is 0 Å². The highest BCUT2D eigenvalue weighted by atomic mass is 16.5. The summed E-state index contributed by atoms with van der Waals surface area (Å²) in [5.74, 6) is -0.391. The highest BCUT2D eigenvalue weighted by molar-refractivity contribution is 5.87. The van der Waals surface area contributed by atoms with Gasteiger partial charge in [-0.1, -0.05) is 0 Å². The van der Waals surface area contributed by atoms with Crippen LogP contribution in [-0.2, 0) is 11.3 Å². The molecule has 0 aliphatic heterocycles. The number of carbonyl (C=O) groups is 1. The minimum atomic E-state index is -0.969. The topological polar surface area (TPSA) is 59.7 Å². The Kier molecular flexibility index (Phi) is 2.54. The van der Waals surface area contributed by atoms with E-state index in [-0.39, 0.29) is 5.56 Å². The third kappa shape index (κ3) is 1.96. The standard InChI is InChI=1S/C10H12O4/c11-10(12)7-4-9(13-5-7)6-14-8-2-1-3-8/h4-5,8H,1-3,6H2,(H,11,12). The lowest BCUT2D eigenvalue weighted by atomic mass is 9.96. The molecule has 0 aromatic carbocycles. The molecule has 0 radical (unpaired) electrons. The van der Waals surface area contributed by atoms with Gasteiger partial charge in [-0.25, -0.2) is 4.79 Å². The summed E-state index contributed by atoms with van der Waals surface area (Å²) in [6.45, 7) is 0.373. The van der Waals surface area contributed by atoms with E-state index >= 15 is 0 Å². The predicted octanol–water partition coefficient (Wildman–Crippen LogP) is 2.05. The Balaban J connectivity index is 1.86. The predicted molar refractivity (Wildman–Crippen MR) is 48.1 cm³/mol.